The van der Waals surface area contributed by atoms with Gasteiger partial charge in [-0.15, -0.1) is 0 Å². The number of rotatable bonds is 0. The summed E-state index contributed by atoms with van der Waals surface area (Å²) >= 11 is 0. The van der Waals surface area contributed by atoms with E-state index in [0.717, 1.165) is 0 Å². The number of guanidine groups is 1. The molecule has 0 aliphatic heterocycles. The van der Waals surface area contributed by atoms with Crippen LogP contribution in [-0.2, 0) is 0 Å². The highest BCUT2D eigenvalue weighted by atomic mass is 16.7. The molecule has 0 aliphatic rings. The Kier molecular flexibility index (Phi) is 1.98. The largest absolute Gasteiger partial charge is 0.917 e. The Labute approximate surface area is 47.6 Å². The van der Waals surface area contributed by atoms with E-state index in [1.807, 2.05) is 0 Å². The third-order valence-corrected chi connectivity index (χ3v) is 0.416. The van der Waals surface area contributed by atoms with Crippen LogP contribution in [0.3, 0.4) is 0 Å². The molecule has 0 saturated heterocycles. The lowest BCUT2D eigenvalue weighted by molar-refractivity contribution is -0.539. The highest BCUT2D eigenvalue weighted by Crippen LogP contribution is 1.73. The molecule has 0 atom stereocenters. The summed E-state index contributed by atoms with van der Waals surface area (Å²) in [4.78, 5) is 17.9. The summed E-state index contributed by atoms with van der Waals surface area (Å²) in [6.07, 6.45) is 0. The zero-order valence-electron chi connectivity index (χ0n) is 3.92. The van der Waals surface area contributed by atoms with E-state index in [1.165, 1.54) is 0 Å². The molecule has 9 heavy (non-hydrogen) atoms. The molecule has 0 aromatic heterocycles. The summed E-state index contributed by atoms with van der Waals surface area (Å²) in [5, 5.41) is 18.9. The Morgan fingerprint density at radius 3 is 1.67 bits per heavy atom. The zero-order chi connectivity index (χ0) is 7.44. The molecule has 0 unspecified atom stereocenters. The topological polar surface area (TPSA) is 123 Å². The van der Waals surface area contributed by atoms with Crippen LogP contribution >= 0.6 is 0 Å². The van der Waals surface area contributed by atoms with Crippen LogP contribution in [0.15, 0.2) is 0 Å². The second kappa shape index (κ2) is 2.48. The fraction of sp³-hybridized carbons (Fsp3) is 0. The van der Waals surface area contributed by atoms with Crippen molar-refractivity contribution in [2.75, 3.05) is 0 Å². The van der Waals surface area contributed by atoms with E-state index in [9.17, 15) is 20.2 Å². The number of hydrogen-bond donors (Lipinski definition) is 0. The average Bonchev–Trinajstić information content (AvgIpc) is 1.64. The first-order valence-corrected chi connectivity index (χ1v) is 1.60. The summed E-state index contributed by atoms with van der Waals surface area (Å²) in [5.74, 6) is -1.69. The fourth-order valence-electron chi connectivity index (χ4n) is 0.140. The Hall–Kier alpha value is -1.82. The molecule has 0 N–H and O–H groups in total. The molecule has 0 aliphatic carbocycles. The normalized spacial score (nSPS) is 7.56. The fourth-order valence-corrected chi connectivity index (χ4v) is 0.140. The molecule has 0 aromatic rings. The van der Waals surface area contributed by atoms with E-state index < -0.39 is 15.8 Å². The van der Waals surface area contributed by atoms with Gasteiger partial charge < -0.3 is 5.53 Å². The van der Waals surface area contributed by atoms with Crippen LogP contribution in [-0.4, -0.2) is 20.6 Å². The molecule has 0 saturated carbocycles. The van der Waals surface area contributed by atoms with Crippen molar-refractivity contribution in [2.24, 2.45) is 0 Å². The molecular formula is CN4O4. The van der Waals surface area contributed by atoms with Crippen molar-refractivity contribution in [3.8, 4) is 0 Å². The van der Waals surface area contributed by atoms with Crippen LogP contribution < -0.4 is 0 Å². The lowest BCUT2D eigenvalue weighted by Crippen LogP contribution is -2.22. The minimum Gasteiger partial charge on any atom is -0.347 e. The van der Waals surface area contributed by atoms with Crippen molar-refractivity contribution in [3.05, 3.63) is 25.8 Å². The van der Waals surface area contributed by atoms with Crippen LogP contribution in [0.5, 0.6) is 0 Å². The summed E-state index contributed by atoms with van der Waals surface area (Å²) in [6, 6.07) is 0. The maximum absolute atomic E-state index is 9.45. The van der Waals surface area contributed by atoms with Gasteiger partial charge in [-0.3, -0.25) is 0 Å². The van der Waals surface area contributed by atoms with Crippen LogP contribution in [0.25, 0.3) is 5.53 Å². The van der Waals surface area contributed by atoms with Gasteiger partial charge in [-0.2, -0.15) is 0 Å². The second-order valence-electron chi connectivity index (χ2n) is 0.914. The molecule has 0 fully saturated rings. The van der Waals surface area contributed by atoms with Gasteiger partial charge in [0.05, 0.1) is 0 Å². The van der Waals surface area contributed by atoms with Crippen molar-refractivity contribution >= 4 is 5.96 Å². The highest BCUT2D eigenvalue weighted by Gasteiger charge is 2.39. The molecule has 0 heterocycles. The van der Waals surface area contributed by atoms with Crippen LogP contribution in [0.1, 0.15) is 0 Å². The van der Waals surface area contributed by atoms with E-state index in [-0.39, 0.29) is 0 Å². The standard InChI is InChI=1S/CN4O4/c2-3-1(4(6)7)5(8)9. The van der Waals surface area contributed by atoms with E-state index in [2.05, 4.69) is 0 Å². The first-order chi connectivity index (χ1) is 4.09. The second-order valence-corrected chi connectivity index (χ2v) is 0.914. The van der Waals surface area contributed by atoms with Gasteiger partial charge in [0.15, 0.2) is 0 Å². The quantitative estimate of drug-likeness (QED) is 0.106. The molecule has 0 bridgehead atoms. The lowest BCUT2D eigenvalue weighted by atomic mass is 11.1. The molecule has 0 aromatic carbocycles. The monoisotopic (exact) mass is 132 g/mol. The Morgan fingerprint density at radius 1 is 1.33 bits per heavy atom. The minimum absolute atomic E-state index is 1.40. The van der Waals surface area contributed by atoms with E-state index >= 15 is 0 Å². The van der Waals surface area contributed by atoms with Crippen molar-refractivity contribution in [2.45, 2.75) is 0 Å². The molecule has 0 spiro atoms. The van der Waals surface area contributed by atoms with Crippen molar-refractivity contribution in [1.29, 1.82) is 0 Å². The van der Waals surface area contributed by atoms with Gasteiger partial charge in [-0.05, 0) is 4.79 Å². The summed E-state index contributed by atoms with van der Waals surface area (Å²) < 4.78 is 0. The summed E-state index contributed by atoms with van der Waals surface area (Å²) in [7, 11) is 0. The minimum atomic E-state index is -1.69. The van der Waals surface area contributed by atoms with Gasteiger partial charge in [0.25, 0.3) is 0 Å². The van der Waals surface area contributed by atoms with Gasteiger partial charge >= 0.3 is 5.96 Å². The van der Waals surface area contributed by atoms with E-state index in [4.69, 9.17) is 5.53 Å². The summed E-state index contributed by atoms with van der Waals surface area (Å²) in [5.41, 5.74) is 7.57. The van der Waals surface area contributed by atoms with Gasteiger partial charge in [-0.25, -0.2) is 20.2 Å². The van der Waals surface area contributed by atoms with Gasteiger partial charge in [-0.1, -0.05) is 0 Å². The number of hydrogen-bond acceptors (Lipinski definition) is 4. The van der Waals surface area contributed by atoms with Gasteiger partial charge in [0, 0.05) is 0 Å². The Balaban J connectivity index is 4.59. The predicted octanol–water partition coefficient (Wildman–Crippen LogP) is -0.874. The number of nitrogens with zero attached hydrogens (tertiary/aromatic N) is 4. The van der Waals surface area contributed by atoms with Gasteiger partial charge in [0.1, 0.15) is 0 Å². The van der Waals surface area contributed by atoms with E-state index in [1.54, 1.807) is 4.79 Å². The zero-order valence-corrected chi connectivity index (χ0v) is 3.92. The lowest BCUT2D eigenvalue weighted by Gasteiger charge is -1.70. The maximum Gasteiger partial charge on any atom is 0.917 e. The molecule has 0 amide bonds. The molecule has 8 nitrogen and oxygen atoms in total. The van der Waals surface area contributed by atoms with E-state index in [0.29, 0.717) is 0 Å². The van der Waals surface area contributed by atoms with Crippen LogP contribution in [0.4, 0.5) is 0 Å². The molecule has 0 rings (SSSR count). The average molecular weight is 132 g/mol. The van der Waals surface area contributed by atoms with Crippen LogP contribution in [0.2, 0.25) is 0 Å². The summed E-state index contributed by atoms with van der Waals surface area (Å²) in [6.45, 7) is 0. The molecular weight excluding hydrogens is 132 g/mol. The van der Waals surface area contributed by atoms with Gasteiger partial charge in [0.2, 0.25) is 9.85 Å². The molecule has 8 heteroatoms. The first kappa shape index (κ1) is 7.18. The Morgan fingerprint density at radius 2 is 1.67 bits per heavy atom. The maximum atomic E-state index is 9.45. The predicted molar refractivity (Wildman–Crippen MR) is 22.6 cm³/mol. The SMILES string of the molecule is [N-]=[N+]=C([N+](=O)[O-])[N+](=O)[O-]. The van der Waals surface area contributed by atoms with Crippen molar-refractivity contribution < 1.29 is 14.6 Å². The third-order valence-electron chi connectivity index (χ3n) is 0.416. The number of nitro groups is 2. The third kappa shape index (κ3) is 1.61. The van der Waals surface area contributed by atoms with Crippen molar-refractivity contribution in [3.63, 3.8) is 0 Å². The van der Waals surface area contributed by atoms with Crippen molar-refractivity contribution in [1.82, 2.24) is 0 Å². The van der Waals surface area contributed by atoms with Crippen LogP contribution in [0, 0.1) is 20.2 Å². The molecule has 0 radical (unpaired) electrons. The first-order valence-electron chi connectivity index (χ1n) is 1.60. The highest BCUT2D eigenvalue weighted by molar-refractivity contribution is 5.54. The molecule has 48 valence electrons. The Bertz CT molecular complexity index is 185. The smallest absolute Gasteiger partial charge is 0.347 e.